The van der Waals surface area contributed by atoms with E-state index in [2.05, 4.69) is 104 Å². The molecule has 2 aromatic rings. The third-order valence-corrected chi connectivity index (χ3v) is 13.3. The molecule has 0 aromatic heterocycles. The Hall–Kier alpha value is -2.43. The van der Waals surface area contributed by atoms with Crippen molar-refractivity contribution in [2.24, 2.45) is 0 Å². The van der Waals surface area contributed by atoms with E-state index in [0.717, 1.165) is 61.1 Å². The maximum Gasteiger partial charge on any atom is 2.00 e. The van der Waals surface area contributed by atoms with Gasteiger partial charge in [0.2, 0.25) is 11.4 Å². The minimum atomic E-state index is 0. The number of hydrogen-bond donors (Lipinski definition) is 0. The monoisotopic (exact) mass is 947 g/mol. The summed E-state index contributed by atoms with van der Waals surface area (Å²) in [6.45, 7) is 26.2. The molecule has 66 heavy (non-hydrogen) atoms. The van der Waals surface area contributed by atoms with Crippen LogP contribution in [0.15, 0.2) is 35.9 Å². The Kier molecular flexibility index (Phi) is 41.1. The zero-order valence-corrected chi connectivity index (χ0v) is 46.0. The molecule has 0 unspecified atom stereocenters. The Labute approximate surface area is 422 Å². The van der Waals surface area contributed by atoms with Gasteiger partial charge in [0, 0.05) is 23.6 Å². The van der Waals surface area contributed by atoms with Crippen molar-refractivity contribution in [3.63, 3.8) is 0 Å². The van der Waals surface area contributed by atoms with E-state index < -0.39 is 0 Å². The van der Waals surface area contributed by atoms with E-state index in [1.54, 1.807) is 29.7 Å². The summed E-state index contributed by atoms with van der Waals surface area (Å²) in [6.07, 6.45) is 44.2. The van der Waals surface area contributed by atoms with Gasteiger partial charge in [0.05, 0.1) is 0 Å². The van der Waals surface area contributed by atoms with E-state index >= 15 is 0 Å². The summed E-state index contributed by atoms with van der Waals surface area (Å²) in [5.41, 5.74) is 27.2. The van der Waals surface area contributed by atoms with Crippen molar-refractivity contribution >= 4 is 11.4 Å². The molecular weight excluding hydrogens is 843 g/mol. The van der Waals surface area contributed by atoms with Crippen LogP contribution in [0.3, 0.4) is 0 Å². The number of nitrogens with zero attached hydrogens (tertiary/aromatic N) is 2. The molecule has 0 saturated carbocycles. The predicted molar refractivity (Wildman–Crippen MR) is 292 cm³/mol. The zero-order valence-electron chi connectivity index (χ0n) is 45.1. The summed E-state index contributed by atoms with van der Waals surface area (Å²) in [5, 5.41) is 0. The largest absolute Gasteiger partial charge is 2.00 e. The van der Waals surface area contributed by atoms with Crippen LogP contribution in [0.2, 0.25) is 0 Å². The van der Waals surface area contributed by atoms with E-state index in [0.29, 0.717) is 0 Å². The van der Waals surface area contributed by atoms with Crippen molar-refractivity contribution in [1.29, 1.82) is 0 Å². The van der Waals surface area contributed by atoms with Crippen molar-refractivity contribution in [2.45, 2.75) is 281 Å². The Morgan fingerprint density at radius 1 is 0.409 bits per heavy atom. The molecule has 2 nitrogen and oxygen atoms in total. The van der Waals surface area contributed by atoms with Gasteiger partial charge in [-0.15, -0.1) is 0 Å². The van der Waals surface area contributed by atoms with Crippen LogP contribution in [-0.2, 0) is 55.0 Å². The summed E-state index contributed by atoms with van der Waals surface area (Å²) >= 11 is 0. The minimum Gasteiger partial charge on any atom is -0.493 e. The first-order chi connectivity index (χ1) is 32.0. The van der Waals surface area contributed by atoms with E-state index in [1.807, 2.05) is 0 Å². The normalized spacial score (nSPS) is 11.9. The molecule has 1 aliphatic heterocycles. The molecule has 3 rings (SSSR count). The first-order valence-corrected chi connectivity index (χ1v) is 28.1. The van der Waals surface area contributed by atoms with E-state index in [4.69, 9.17) is 0 Å². The van der Waals surface area contributed by atoms with Crippen molar-refractivity contribution in [1.82, 2.24) is 0 Å². The van der Waals surface area contributed by atoms with Crippen LogP contribution < -0.4 is 0 Å². The van der Waals surface area contributed by atoms with Crippen LogP contribution in [0.1, 0.15) is 287 Å². The molecule has 0 N–H and O–H groups in total. The number of allylic oxidation sites excluding steroid dienone is 2. The molecule has 0 fully saturated rings. The molecule has 0 amide bonds. The standard InChI is InChI=1S/C59H94N2.2C2H5.Ni/c1-8-15-22-29-34-41-53-48-58(54-44-49(37-30-23-16-9-2)56(42-35-27-20-13-6)50(45-54)38-31-24-17-10-3)61(60)59(53)55-46-51(39-32-25-18-11-4)57(43-36-28-21-14-7)52(47-55)40-33-26-19-12-5;2*1-2;/h44-48H,8-33,35-40,42-43H2,1-7H3;2*1H2,2H3;/q;2*-1;+2. The van der Waals surface area contributed by atoms with Crippen molar-refractivity contribution in [3.8, 4) is 11.8 Å². The van der Waals surface area contributed by atoms with Gasteiger partial charge in [-0.2, -0.15) is 13.8 Å². The fraction of sp³-hybridized carbons (Fsp3) is 0.683. The van der Waals surface area contributed by atoms with Crippen molar-refractivity contribution < 1.29 is 21.2 Å². The topological polar surface area (TPSA) is 25.3 Å². The molecule has 376 valence electrons. The third kappa shape index (κ3) is 24.2. The van der Waals surface area contributed by atoms with Gasteiger partial charge in [-0.05, 0) is 141 Å². The van der Waals surface area contributed by atoms with Crippen LogP contribution in [-0.4, -0.2) is 4.70 Å². The Balaban J connectivity index is 0.00000821. The van der Waals surface area contributed by atoms with Gasteiger partial charge in [0.15, 0.2) is 0 Å². The van der Waals surface area contributed by atoms with Crippen LogP contribution in [0.25, 0.3) is 16.9 Å². The second-order valence-corrected chi connectivity index (χ2v) is 18.8. The third-order valence-electron chi connectivity index (χ3n) is 13.3. The maximum atomic E-state index is 12.7. The molecule has 1 heterocycles. The quantitative estimate of drug-likeness (QED) is 0.0216. The number of benzene rings is 2. The van der Waals surface area contributed by atoms with Crippen LogP contribution in [0.4, 0.5) is 0 Å². The van der Waals surface area contributed by atoms with Crippen molar-refractivity contribution in [2.75, 3.05) is 0 Å². The molecule has 0 bridgehead atoms. The molecule has 2 aromatic carbocycles. The molecule has 0 radical (unpaired) electrons. The number of aryl methyl sites for hydroxylation is 4. The predicted octanol–water partition coefficient (Wildman–Crippen LogP) is 20.5. The molecule has 0 spiro atoms. The number of unbranched alkanes of at least 4 members (excludes halogenated alkanes) is 21. The molecule has 0 aliphatic carbocycles. The average Bonchev–Trinajstić information content (AvgIpc) is 3.66. The SMILES string of the molecule is CCCCCC#CC1=C(c2cc(CCCCCC)c(CCCCCC)c(CCCCCC)c2)[N+](=[N-])C(c2cc(CCCCCC)c(CCCCCC)c(CCCCCC)c2)=C1.[CH2-]C.[CH2-]C.[Ni+2]. The van der Waals surface area contributed by atoms with Gasteiger partial charge in [0.1, 0.15) is 5.57 Å². The molecule has 1 aliphatic rings. The maximum absolute atomic E-state index is 12.7. The van der Waals surface area contributed by atoms with E-state index in [9.17, 15) is 5.53 Å². The van der Waals surface area contributed by atoms with Gasteiger partial charge < -0.3 is 19.4 Å². The molecule has 0 saturated heterocycles. The summed E-state index contributed by atoms with van der Waals surface area (Å²) in [6, 6.07) is 9.95. The summed E-state index contributed by atoms with van der Waals surface area (Å²) in [5.74, 6) is 7.26. The number of hydrogen-bond acceptors (Lipinski definition) is 0. The van der Waals surface area contributed by atoms with Crippen LogP contribution >= 0.6 is 0 Å². The van der Waals surface area contributed by atoms with E-state index in [-0.39, 0.29) is 16.5 Å². The fourth-order valence-electron chi connectivity index (χ4n) is 9.54. The van der Waals surface area contributed by atoms with E-state index in [1.165, 1.54) is 208 Å². The second-order valence-electron chi connectivity index (χ2n) is 18.8. The molecule has 0 atom stereocenters. The summed E-state index contributed by atoms with van der Waals surface area (Å²) < 4.78 is 1.58. The van der Waals surface area contributed by atoms with Gasteiger partial charge in [0.25, 0.3) is 0 Å². The summed E-state index contributed by atoms with van der Waals surface area (Å²) in [4.78, 5) is 0. The van der Waals surface area contributed by atoms with Gasteiger partial charge in [-0.1, -0.05) is 189 Å². The fourth-order valence-corrected chi connectivity index (χ4v) is 9.54. The second kappa shape index (κ2) is 42.7. The number of rotatable bonds is 35. The Morgan fingerprint density at radius 2 is 0.712 bits per heavy atom. The smallest absolute Gasteiger partial charge is 0.493 e. The van der Waals surface area contributed by atoms with Crippen molar-refractivity contribution in [3.05, 3.63) is 99.8 Å². The Morgan fingerprint density at radius 3 is 1.05 bits per heavy atom. The van der Waals surface area contributed by atoms with Gasteiger partial charge in [-0.25, -0.2) is 4.70 Å². The van der Waals surface area contributed by atoms with Gasteiger partial charge >= 0.3 is 16.5 Å². The Bertz CT molecular complexity index is 1600. The molecular formula is C63H104N2Ni. The first-order valence-electron chi connectivity index (χ1n) is 28.1. The zero-order chi connectivity index (χ0) is 47.9. The summed E-state index contributed by atoms with van der Waals surface area (Å²) in [7, 11) is 0. The first kappa shape index (κ1) is 63.6. The molecule has 3 heteroatoms. The van der Waals surface area contributed by atoms with Crippen LogP contribution in [0, 0.1) is 25.7 Å². The van der Waals surface area contributed by atoms with Gasteiger partial charge in [-0.3, -0.25) is 0 Å². The van der Waals surface area contributed by atoms with Crippen LogP contribution in [0.5, 0.6) is 0 Å². The minimum absolute atomic E-state index is 0. The average molecular weight is 948 g/mol.